The Morgan fingerprint density at radius 2 is 1.47 bits per heavy atom. The summed E-state index contributed by atoms with van der Waals surface area (Å²) in [6.07, 6.45) is 8.59. The zero-order valence-electron chi connectivity index (χ0n) is 11.6. The van der Waals surface area contributed by atoms with Gasteiger partial charge in [0.05, 0.1) is 0 Å². The van der Waals surface area contributed by atoms with Gasteiger partial charge in [-0.05, 0) is 51.9 Å². The van der Waals surface area contributed by atoms with Crippen LogP contribution < -0.4 is 0 Å². The Kier molecular flexibility index (Phi) is 4.11. The fourth-order valence-electron chi connectivity index (χ4n) is 3.73. The molecule has 0 aromatic heterocycles. The molecule has 0 bridgehead atoms. The van der Waals surface area contributed by atoms with Crippen LogP contribution in [0.15, 0.2) is 0 Å². The first kappa shape index (κ1) is 12.9. The summed E-state index contributed by atoms with van der Waals surface area (Å²) in [5, 5.41) is 0. The van der Waals surface area contributed by atoms with Crippen LogP contribution in [0.4, 0.5) is 0 Å². The topological polar surface area (TPSA) is 20.3 Å². The van der Waals surface area contributed by atoms with E-state index in [1.54, 1.807) is 0 Å². The maximum Gasteiger partial charge on any atom is 0.226 e. The van der Waals surface area contributed by atoms with Crippen molar-refractivity contribution in [2.45, 2.75) is 77.8 Å². The predicted octanol–water partition coefficient (Wildman–Crippen LogP) is 3.60. The zero-order valence-corrected chi connectivity index (χ0v) is 11.6. The number of piperidine rings is 1. The molecule has 4 atom stereocenters. The second-order valence-electron chi connectivity index (χ2n) is 6.24. The summed E-state index contributed by atoms with van der Waals surface area (Å²) >= 11 is 0. The highest BCUT2D eigenvalue weighted by Crippen LogP contribution is 2.34. The van der Waals surface area contributed by atoms with Crippen molar-refractivity contribution in [2.24, 2.45) is 11.8 Å². The van der Waals surface area contributed by atoms with Crippen LogP contribution in [0.3, 0.4) is 0 Å². The zero-order chi connectivity index (χ0) is 12.4. The molecule has 1 saturated carbocycles. The molecule has 1 heterocycles. The Morgan fingerprint density at radius 1 is 0.882 bits per heavy atom. The number of rotatable bonds is 1. The van der Waals surface area contributed by atoms with Crippen molar-refractivity contribution in [3.8, 4) is 0 Å². The van der Waals surface area contributed by atoms with Gasteiger partial charge in [-0.2, -0.15) is 0 Å². The fourth-order valence-corrected chi connectivity index (χ4v) is 3.73. The monoisotopic (exact) mass is 237 g/mol. The minimum Gasteiger partial charge on any atom is -0.337 e. The molecule has 1 saturated heterocycles. The standard InChI is InChI=1S/C15H27NO/c1-11-7-4-5-10-14(11)15(17)16-12(2)8-6-9-13(16)3/h11-14H,4-10H2,1-3H3. The average Bonchev–Trinajstić information content (AvgIpc) is 2.29. The molecule has 0 aromatic rings. The van der Waals surface area contributed by atoms with E-state index in [0.717, 1.165) is 6.42 Å². The summed E-state index contributed by atoms with van der Waals surface area (Å²) in [6, 6.07) is 0.917. The highest BCUT2D eigenvalue weighted by molar-refractivity contribution is 5.80. The van der Waals surface area contributed by atoms with Crippen molar-refractivity contribution in [3.63, 3.8) is 0 Å². The van der Waals surface area contributed by atoms with Crippen LogP contribution in [0.2, 0.25) is 0 Å². The first-order valence-electron chi connectivity index (χ1n) is 7.43. The summed E-state index contributed by atoms with van der Waals surface area (Å²) in [5.74, 6) is 1.36. The van der Waals surface area contributed by atoms with E-state index in [0.29, 0.717) is 29.8 Å². The number of amides is 1. The van der Waals surface area contributed by atoms with Crippen molar-refractivity contribution in [1.29, 1.82) is 0 Å². The number of likely N-dealkylation sites (tertiary alicyclic amines) is 1. The quantitative estimate of drug-likeness (QED) is 0.682. The van der Waals surface area contributed by atoms with Crippen LogP contribution >= 0.6 is 0 Å². The third-order valence-corrected chi connectivity index (χ3v) is 4.88. The Hall–Kier alpha value is -0.530. The third-order valence-electron chi connectivity index (χ3n) is 4.88. The number of hydrogen-bond donors (Lipinski definition) is 0. The van der Waals surface area contributed by atoms with Gasteiger partial charge in [0.15, 0.2) is 0 Å². The van der Waals surface area contributed by atoms with E-state index in [4.69, 9.17) is 0 Å². The predicted molar refractivity (Wildman–Crippen MR) is 70.7 cm³/mol. The maximum absolute atomic E-state index is 12.7. The minimum atomic E-state index is 0.312. The van der Waals surface area contributed by atoms with Crippen LogP contribution in [0.25, 0.3) is 0 Å². The molecule has 2 fully saturated rings. The first-order chi connectivity index (χ1) is 8.11. The molecular formula is C15H27NO. The molecule has 0 radical (unpaired) electrons. The van der Waals surface area contributed by atoms with Crippen molar-refractivity contribution >= 4 is 5.91 Å². The summed E-state index contributed by atoms with van der Waals surface area (Å²) in [5.41, 5.74) is 0. The van der Waals surface area contributed by atoms with Crippen molar-refractivity contribution in [2.75, 3.05) is 0 Å². The Morgan fingerprint density at radius 3 is 2.06 bits per heavy atom. The largest absolute Gasteiger partial charge is 0.337 e. The van der Waals surface area contributed by atoms with Gasteiger partial charge >= 0.3 is 0 Å². The second-order valence-corrected chi connectivity index (χ2v) is 6.24. The lowest BCUT2D eigenvalue weighted by atomic mass is 9.78. The molecule has 0 spiro atoms. The first-order valence-corrected chi connectivity index (χ1v) is 7.43. The van der Waals surface area contributed by atoms with E-state index in [-0.39, 0.29) is 0 Å². The molecule has 17 heavy (non-hydrogen) atoms. The van der Waals surface area contributed by atoms with E-state index in [2.05, 4.69) is 25.7 Å². The van der Waals surface area contributed by atoms with E-state index in [9.17, 15) is 4.79 Å². The smallest absolute Gasteiger partial charge is 0.226 e. The molecule has 0 aromatic carbocycles. The summed E-state index contributed by atoms with van der Waals surface area (Å²) < 4.78 is 0. The van der Waals surface area contributed by atoms with Crippen molar-refractivity contribution in [1.82, 2.24) is 4.90 Å². The molecule has 2 aliphatic rings. The lowest BCUT2D eigenvalue weighted by Gasteiger charge is -2.42. The van der Waals surface area contributed by atoms with Gasteiger partial charge < -0.3 is 4.90 Å². The third kappa shape index (κ3) is 2.66. The molecular weight excluding hydrogens is 210 g/mol. The highest BCUT2D eigenvalue weighted by Gasteiger charge is 2.36. The Balaban J connectivity index is 2.06. The molecule has 1 amide bonds. The molecule has 2 heteroatoms. The van der Waals surface area contributed by atoms with Gasteiger partial charge in [0.1, 0.15) is 0 Å². The van der Waals surface area contributed by atoms with Gasteiger partial charge in [0, 0.05) is 18.0 Å². The van der Waals surface area contributed by atoms with Crippen LogP contribution in [-0.4, -0.2) is 22.9 Å². The van der Waals surface area contributed by atoms with E-state index >= 15 is 0 Å². The molecule has 4 unspecified atom stereocenters. The Labute approximate surface area is 106 Å². The average molecular weight is 237 g/mol. The molecule has 2 nitrogen and oxygen atoms in total. The van der Waals surface area contributed by atoms with Crippen LogP contribution in [0.5, 0.6) is 0 Å². The summed E-state index contributed by atoms with van der Waals surface area (Å²) in [4.78, 5) is 14.9. The lowest BCUT2D eigenvalue weighted by molar-refractivity contribution is -0.144. The fraction of sp³-hybridized carbons (Fsp3) is 0.933. The number of carbonyl (C=O) groups excluding carboxylic acids is 1. The van der Waals surface area contributed by atoms with Crippen molar-refractivity contribution < 1.29 is 4.79 Å². The van der Waals surface area contributed by atoms with Crippen LogP contribution in [0.1, 0.15) is 65.7 Å². The SMILES string of the molecule is CC1CCCCC1C(=O)N1C(C)CCCC1C. The van der Waals surface area contributed by atoms with Gasteiger partial charge in [-0.15, -0.1) is 0 Å². The number of carbonyl (C=O) groups is 1. The summed E-state index contributed by atoms with van der Waals surface area (Å²) in [7, 11) is 0. The second kappa shape index (κ2) is 5.41. The summed E-state index contributed by atoms with van der Waals surface area (Å²) in [6.45, 7) is 6.71. The molecule has 1 aliphatic carbocycles. The van der Waals surface area contributed by atoms with Crippen LogP contribution in [0, 0.1) is 11.8 Å². The number of hydrogen-bond acceptors (Lipinski definition) is 1. The van der Waals surface area contributed by atoms with E-state index in [1.165, 1.54) is 38.5 Å². The molecule has 2 rings (SSSR count). The van der Waals surface area contributed by atoms with E-state index in [1.807, 2.05) is 0 Å². The van der Waals surface area contributed by atoms with Gasteiger partial charge in [-0.1, -0.05) is 19.8 Å². The Bertz CT molecular complexity index is 266. The van der Waals surface area contributed by atoms with Gasteiger partial charge in [-0.3, -0.25) is 4.79 Å². The molecule has 98 valence electrons. The van der Waals surface area contributed by atoms with E-state index < -0.39 is 0 Å². The van der Waals surface area contributed by atoms with Crippen molar-refractivity contribution in [3.05, 3.63) is 0 Å². The number of nitrogens with zero attached hydrogens (tertiary/aromatic N) is 1. The lowest BCUT2D eigenvalue weighted by Crippen LogP contribution is -2.51. The van der Waals surface area contributed by atoms with Gasteiger partial charge in [0.25, 0.3) is 0 Å². The van der Waals surface area contributed by atoms with Crippen LogP contribution in [-0.2, 0) is 4.79 Å². The normalized spacial score (nSPS) is 39.1. The minimum absolute atomic E-state index is 0.312. The van der Waals surface area contributed by atoms with Gasteiger partial charge in [-0.25, -0.2) is 0 Å². The van der Waals surface area contributed by atoms with Gasteiger partial charge in [0.2, 0.25) is 5.91 Å². The molecule has 0 N–H and O–H groups in total. The molecule has 1 aliphatic heterocycles. The highest BCUT2D eigenvalue weighted by atomic mass is 16.2. The maximum atomic E-state index is 12.7.